The number of hydrogen-bond donors (Lipinski definition) is 2. The Morgan fingerprint density at radius 1 is 1.50 bits per heavy atom. The largest absolute Gasteiger partial charge is 0.496 e. The SMILES string of the molecule is COc1ccc(CO)cc1C=CCN. The fourth-order valence-electron chi connectivity index (χ4n) is 1.21. The molecule has 3 heteroatoms. The Balaban J connectivity index is 3.02. The topological polar surface area (TPSA) is 55.5 Å². The van der Waals surface area contributed by atoms with Crippen LogP contribution >= 0.6 is 0 Å². The molecule has 0 saturated carbocycles. The minimum atomic E-state index is 0.0352. The molecule has 14 heavy (non-hydrogen) atoms. The number of ether oxygens (including phenoxy) is 1. The van der Waals surface area contributed by atoms with Gasteiger partial charge in [0.05, 0.1) is 13.7 Å². The molecule has 0 aliphatic heterocycles. The van der Waals surface area contributed by atoms with E-state index in [9.17, 15) is 0 Å². The van der Waals surface area contributed by atoms with Crippen LogP contribution in [0.3, 0.4) is 0 Å². The number of aliphatic hydroxyl groups is 1. The monoisotopic (exact) mass is 193 g/mol. The van der Waals surface area contributed by atoms with E-state index in [4.69, 9.17) is 15.6 Å². The summed E-state index contributed by atoms with van der Waals surface area (Å²) in [5.41, 5.74) is 7.16. The van der Waals surface area contributed by atoms with Crippen LogP contribution in [0.2, 0.25) is 0 Å². The molecule has 0 aliphatic carbocycles. The predicted molar refractivity (Wildman–Crippen MR) is 57.0 cm³/mol. The maximum Gasteiger partial charge on any atom is 0.126 e. The first-order chi connectivity index (χ1) is 6.81. The molecule has 3 N–H and O–H groups in total. The molecular formula is C11H15NO2. The summed E-state index contributed by atoms with van der Waals surface area (Å²) in [5, 5.41) is 8.96. The van der Waals surface area contributed by atoms with Crippen molar-refractivity contribution >= 4 is 6.08 Å². The van der Waals surface area contributed by atoms with Crippen molar-refractivity contribution in [3.63, 3.8) is 0 Å². The highest BCUT2D eigenvalue weighted by atomic mass is 16.5. The zero-order valence-corrected chi connectivity index (χ0v) is 8.23. The summed E-state index contributed by atoms with van der Waals surface area (Å²) in [6, 6.07) is 5.55. The molecule has 0 atom stereocenters. The first-order valence-corrected chi connectivity index (χ1v) is 4.46. The van der Waals surface area contributed by atoms with Crippen LogP contribution in [-0.2, 0) is 6.61 Å². The molecule has 0 heterocycles. The lowest BCUT2D eigenvalue weighted by molar-refractivity contribution is 0.281. The van der Waals surface area contributed by atoms with E-state index in [1.165, 1.54) is 0 Å². The van der Waals surface area contributed by atoms with E-state index in [2.05, 4.69) is 0 Å². The summed E-state index contributed by atoms with van der Waals surface area (Å²) in [6.07, 6.45) is 3.73. The van der Waals surface area contributed by atoms with Crippen molar-refractivity contribution < 1.29 is 9.84 Å². The van der Waals surface area contributed by atoms with Crippen molar-refractivity contribution in [1.82, 2.24) is 0 Å². The molecule has 0 spiro atoms. The summed E-state index contributed by atoms with van der Waals surface area (Å²) in [7, 11) is 1.62. The number of nitrogens with two attached hydrogens (primary N) is 1. The molecule has 0 aromatic heterocycles. The van der Waals surface area contributed by atoms with Gasteiger partial charge in [0, 0.05) is 12.1 Å². The van der Waals surface area contributed by atoms with Crippen LogP contribution in [0.15, 0.2) is 24.3 Å². The number of methoxy groups -OCH3 is 1. The third-order valence-electron chi connectivity index (χ3n) is 1.91. The third kappa shape index (κ3) is 2.58. The summed E-state index contributed by atoms with van der Waals surface area (Å²) < 4.78 is 5.17. The Morgan fingerprint density at radius 2 is 2.29 bits per heavy atom. The van der Waals surface area contributed by atoms with Crippen molar-refractivity contribution in [1.29, 1.82) is 0 Å². The van der Waals surface area contributed by atoms with Gasteiger partial charge in [-0.15, -0.1) is 0 Å². The van der Waals surface area contributed by atoms with Gasteiger partial charge in [0.25, 0.3) is 0 Å². The number of aliphatic hydroxyl groups excluding tert-OH is 1. The normalized spacial score (nSPS) is 10.8. The average molecular weight is 193 g/mol. The van der Waals surface area contributed by atoms with Crippen molar-refractivity contribution in [2.45, 2.75) is 6.61 Å². The number of rotatable bonds is 4. The maximum absolute atomic E-state index is 8.96. The molecule has 76 valence electrons. The van der Waals surface area contributed by atoms with Crippen LogP contribution in [0.4, 0.5) is 0 Å². The fourth-order valence-corrected chi connectivity index (χ4v) is 1.21. The van der Waals surface area contributed by atoms with E-state index in [0.717, 1.165) is 16.9 Å². The van der Waals surface area contributed by atoms with Gasteiger partial charge in [0.2, 0.25) is 0 Å². The van der Waals surface area contributed by atoms with Gasteiger partial charge in [0.15, 0.2) is 0 Å². The first-order valence-electron chi connectivity index (χ1n) is 4.46. The first kappa shape index (κ1) is 10.8. The van der Waals surface area contributed by atoms with Gasteiger partial charge in [-0.25, -0.2) is 0 Å². The zero-order valence-electron chi connectivity index (χ0n) is 8.23. The molecule has 0 radical (unpaired) electrons. The Hall–Kier alpha value is -1.32. The van der Waals surface area contributed by atoms with Gasteiger partial charge in [-0.2, -0.15) is 0 Å². The molecule has 0 bridgehead atoms. The van der Waals surface area contributed by atoms with Crippen LogP contribution in [0.5, 0.6) is 5.75 Å². The van der Waals surface area contributed by atoms with Gasteiger partial charge in [-0.3, -0.25) is 0 Å². The second kappa shape index (κ2) is 5.42. The highest BCUT2D eigenvalue weighted by Crippen LogP contribution is 2.21. The smallest absolute Gasteiger partial charge is 0.126 e. The lowest BCUT2D eigenvalue weighted by Crippen LogP contribution is -1.94. The third-order valence-corrected chi connectivity index (χ3v) is 1.91. The van der Waals surface area contributed by atoms with Crippen molar-refractivity contribution in [3.8, 4) is 5.75 Å². The van der Waals surface area contributed by atoms with Crippen LogP contribution in [0.25, 0.3) is 6.08 Å². The summed E-state index contributed by atoms with van der Waals surface area (Å²) in [6.45, 7) is 0.528. The summed E-state index contributed by atoms with van der Waals surface area (Å²) in [4.78, 5) is 0. The van der Waals surface area contributed by atoms with Gasteiger partial charge >= 0.3 is 0 Å². The van der Waals surface area contributed by atoms with Gasteiger partial charge < -0.3 is 15.6 Å². The Morgan fingerprint density at radius 3 is 2.86 bits per heavy atom. The molecular weight excluding hydrogens is 178 g/mol. The Kier molecular flexibility index (Phi) is 4.16. The fraction of sp³-hybridized carbons (Fsp3) is 0.273. The molecule has 1 rings (SSSR count). The minimum absolute atomic E-state index is 0.0352. The molecule has 3 nitrogen and oxygen atoms in total. The van der Waals surface area contributed by atoms with E-state index in [-0.39, 0.29) is 6.61 Å². The van der Waals surface area contributed by atoms with Crippen molar-refractivity contribution in [2.75, 3.05) is 13.7 Å². The average Bonchev–Trinajstić information content (AvgIpc) is 2.25. The molecule has 0 aliphatic rings. The van der Waals surface area contributed by atoms with Crippen LogP contribution in [0, 0.1) is 0 Å². The highest BCUT2D eigenvalue weighted by molar-refractivity contribution is 5.58. The minimum Gasteiger partial charge on any atom is -0.496 e. The van der Waals surface area contributed by atoms with E-state index >= 15 is 0 Å². The molecule has 1 aromatic carbocycles. The van der Waals surface area contributed by atoms with Gasteiger partial charge in [-0.1, -0.05) is 18.2 Å². The van der Waals surface area contributed by atoms with Crippen LogP contribution in [-0.4, -0.2) is 18.8 Å². The lowest BCUT2D eigenvalue weighted by Gasteiger charge is -2.06. The van der Waals surface area contributed by atoms with Crippen LogP contribution in [0.1, 0.15) is 11.1 Å². The molecule has 0 unspecified atom stereocenters. The van der Waals surface area contributed by atoms with Crippen molar-refractivity contribution in [3.05, 3.63) is 35.4 Å². The number of hydrogen-bond acceptors (Lipinski definition) is 3. The van der Waals surface area contributed by atoms with Crippen LogP contribution < -0.4 is 10.5 Å². The predicted octanol–water partition coefficient (Wildman–Crippen LogP) is 1.16. The zero-order chi connectivity index (χ0) is 10.4. The summed E-state index contributed by atoms with van der Waals surface area (Å²) in [5.74, 6) is 0.784. The van der Waals surface area contributed by atoms with E-state index in [0.29, 0.717) is 6.54 Å². The highest BCUT2D eigenvalue weighted by Gasteiger charge is 2.00. The molecule has 0 amide bonds. The second-order valence-electron chi connectivity index (χ2n) is 2.87. The maximum atomic E-state index is 8.96. The quantitative estimate of drug-likeness (QED) is 0.754. The standard InChI is InChI=1S/C11H15NO2/c1-14-11-5-4-9(8-13)7-10(11)3-2-6-12/h2-5,7,13H,6,8,12H2,1H3. The Bertz CT molecular complexity index is 321. The molecule has 0 saturated heterocycles. The lowest BCUT2D eigenvalue weighted by atomic mass is 10.1. The van der Waals surface area contributed by atoms with Gasteiger partial charge in [-0.05, 0) is 17.7 Å². The molecule has 1 aromatic rings. The second-order valence-corrected chi connectivity index (χ2v) is 2.87. The van der Waals surface area contributed by atoms with Gasteiger partial charge in [0.1, 0.15) is 5.75 Å². The summed E-state index contributed by atoms with van der Waals surface area (Å²) >= 11 is 0. The van der Waals surface area contributed by atoms with E-state index in [1.54, 1.807) is 7.11 Å². The van der Waals surface area contributed by atoms with E-state index < -0.39 is 0 Å². The number of benzene rings is 1. The molecule has 0 fully saturated rings. The van der Waals surface area contributed by atoms with E-state index in [1.807, 2.05) is 30.4 Å². The van der Waals surface area contributed by atoms with Crippen molar-refractivity contribution in [2.24, 2.45) is 5.73 Å². The Labute approximate surface area is 83.8 Å².